The molecule has 0 fully saturated rings. The molecule has 0 spiro atoms. The minimum atomic E-state index is -3.11. The Labute approximate surface area is 90.9 Å². The number of rotatable bonds is 5. The lowest BCUT2D eigenvalue weighted by atomic mass is 10.3. The summed E-state index contributed by atoms with van der Waals surface area (Å²) in [7, 11) is -3.11. The summed E-state index contributed by atoms with van der Waals surface area (Å²) >= 11 is 0. The monoisotopic (exact) mass is 222 g/mol. The maximum atomic E-state index is 11.7. The van der Waals surface area contributed by atoms with E-state index >= 15 is 0 Å². The van der Waals surface area contributed by atoms with E-state index in [1.165, 1.54) is 0 Å². The zero-order valence-corrected chi connectivity index (χ0v) is 9.33. The first-order chi connectivity index (χ1) is 7.17. The molecule has 0 saturated heterocycles. The number of sulfone groups is 1. The highest BCUT2D eigenvalue weighted by molar-refractivity contribution is 7.91. The van der Waals surface area contributed by atoms with Gasteiger partial charge in [-0.2, -0.15) is 0 Å². The molecule has 0 aliphatic rings. The quantitative estimate of drug-likeness (QED) is 0.567. The van der Waals surface area contributed by atoms with Gasteiger partial charge in [0.15, 0.2) is 9.84 Å². The molecule has 0 unspecified atom stereocenters. The highest BCUT2D eigenvalue weighted by Crippen LogP contribution is 2.11. The summed E-state index contributed by atoms with van der Waals surface area (Å²) in [5.41, 5.74) is 2.62. The van der Waals surface area contributed by atoms with Gasteiger partial charge in [-0.25, -0.2) is 8.42 Å². The first kappa shape index (κ1) is 11.8. The minimum Gasteiger partial charge on any atom is -0.224 e. The van der Waals surface area contributed by atoms with Crippen molar-refractivity contribution in [1.82, 2.24) is 0 Å². The van der Waals surface area contributed by atoms with Gasteiger partial charge in [0.2, 0.25) is 0 Å². The molecular weight excluding hydrogens is 208 g/mol. The van der Waals surface area contributed by atoms with Crippen LogP contribution in [0.1, 0.15) is 12.8 Å². The normalized spacial score (nSPS) is 10.7. The molecule has 0 atom stereocenters. The Kier molecular flexibility index (Phi) is 4.35. The zero-order chi connectivity index (χ0) is 11.1. The molecule has 0 radical (unpaired) electrons. The number of benzene rings is 1. The van der Waals surface area contributed by atoms with E-state index < -0.39 is 9.84 Å². The Morgan fingerprint density at radius 1 is 1.27 bits per heavy atom. The summed E-state index contributed by atoms with van der Waals surface area (Å²) in [5.74, 6) is 0.176. The van der Waals surface area contributed by atoms with Crippen LogP contribution in [0.5, 0.6) is 0 Å². The van der Waals surface area contributed by atoms with Crippen LogP contribution in [0.3, 0.4) is 0 Å². The maximum Gasteiger partial charge on any atom is 0.178 e. The molecule has 80 valence electrons. The smallest absolute Gasteiger partial charge is 0.178 e. The van der Waals surface area contributed by atoms with Gasteiger partial charge in [0.1, 0.15) is 0 Å². The van der Waals surface area contributed by atoms with Crippen molar-refractivity contribution in [1.29, 1.82) is 0 Å². The van der Waals surface area contributed by atoms with Gasteiger partial charge in [0, 0.05) is 0 Å². The summed E-state index contributed by atoms with van der Waals surface area (Å²) < 4.78 is 23.5. The molecule has 1 aromatic carbocycles. The van der Waals surface area contributed by atoms with Gasteiger partial charge in [-0.05, 0) is 31.1 Å². The number of allylic oxidation sites excluding steroid dienone is 1. The van der Waals surface area contributed by atoms with E-state index in [0.29, 0.717) is 17.7 Å². The summed E-state index contributed by atoms with van der Waals surface area (Å²) in [6, 6.07) is 8.52. The van der Waals surface area contributed by atoms with Gasteiger partial charge < -0.3 is 0 Å². The first-order valence-electron chi connectivity index (χ1n) is 4.79. The summed E-state index contributed by atoms with van der Waals surface area (Å²) in [6.07, 6.45) is 3.07. The summed E-state index contributed by atoms with van der Waals surface area (Å²) in [4.78, 5) is 0.396. The van der Waals surface area contributed by atoms with E-state index in [2.05, 4.69) is 12.3 Å². The van der Waals surface area contributed by atoms with Gasteiger partial charge in [0.25, 0.3) is 0 Å². The SMILES string of the molecule is C=C=CCCCS(=O)(=O)c1ccccc1. The van der Waals surface area contributed by atoms with Crippen molar-refractivity contribution >= 4 is 9.84 Å². The van der Waals surface area contributed by atoms with Crippen LogP contribution in [0.15, 0.2) is 53.6 Å². The molecule has 1 rings (SSSR count). The van der Waals surface area contributed by atoms with Crippen molar-refractivity contribution in [2.75, 3.05) is 5.75 Å². The number of unbranched alkanes of at least 4 members (excludes halogenated alkanes) is 1. The topological polar surface area (TPSA) is 34.1 Å². The standard InChI is InChI=1S/C12H14O2S/c1-2-3-4-8-11-15(13,14)12-9-6-5-7-10-12/h3,5-7,9-10H,1,4,8,11H2. The molecule has 2 nitrogen and oxygen atoms in total. The minimum absolute atomic E-state index is 0.176. The highest BCUT2D eigenvalue weighted by Gasteiger charge is 2.12. The fourth-order valence-corrected chi connectivity index (χ4v) is 2.58. The molecule has 0 aliphatic heterocycles. The van der Waals surface area contributed by atoms with Crippen LogP contribution in [-0.2, 0) is 9.84 Å². The Bertz CT molecular complexity index is 440. The molecular formula is C12H14O2S. The summed E-state index contributed by atoms with van der Waals surface area (Å²) in [6.45, 7) is 3.42. The van der Waals surface area contributed by atoms with E-state index in [-0.39, 0.29) is 5.75 Å². The predicted octanol–water partition coefficient (Wildman–Crippen LogP) is 2.58. The average Bonchev–Trinajstić information content (AvgIpc) is 2.26. The Morgan fingerprint density at radius 3 is 2.53 bits per heavy atom. The van der Waals surface area contributed by atoms with Crippen molar-refractivity contribution in [2.45, 2.75) is 17.7 Å². The van der Waals surface area contributed by atoms with Crippen LogP contribution in [0.2, 0.25) is 0 Å². The van der Waals surface area contributed by atoms with Crippen molar-refractivity contribution in [3.8, 4) is 0 Å². The van der Waals surface area contributed by atoms with Crippen LogP contribution < -0.4 is 0 Å². The molecule has 0 aliphatic carbocycles. The fourth-order valence-electron chi connectivity index (χ4n) is 1.22. The third kappa shape index (κ3) is 3.74. The third-order valence-corrected chi connectivity index (χ3v) is 3.82. The first-order valence-corrected chi connectivity index (χ1v) is 6.44. The molecule has 0 heterocycles. The van der Waals surface area contributed by atoms with Gasteiger partial charge in [-0.3, -0.25) is 0 Å². The van der Waals surface area contributed by atoms with Crippen molar-refractivity contribution in [2.24, 2.45) is 0 Å². The third-order valence-electron chi connectivity index (χ3n) is 2.01. The lowest BCUT2D eigenvalue weighted by Gasteiger charge is -2.02. The van der Waals surface area contributed by atoms with Gasteiger partial charge in [-0.15, -0.1) is 5.73 Å². The Balaban J connectivity index is 2.64. The van der Waals surface area contributed by atoms with E-state index in [1.807, 2.05) is 0 Å². The van der Waals surface area contributed by atoms with Crippen LogP contribution in [0.4, 0.5) is 0 Å². The van der Waals surface area contributed by atoms with E-state index in [1.54, 1.807) is 36.4 Å². The summed E-state index contributed by atoms with van der Waals surface area (Å²) in [5, 5.41) is 0. The van der Waals surface area contributed by atoms with Crippen molar-refractivity contribution < 1.29 is 8.42 Å². The zero-order valence-electron chi connectivity index (χ0n) is 8.52. The van der Waals surface area contributed by atoms with Gasteiger partial charge >= 0.3 is 0 Å². The second kappa shape index (κ2) is 5.54. The van der Waals surface area contributed by atoms with Crippen LogP contribution in [0, 0.1) is 0 Å². The molecule has 0 N–H and O–H groups in total. The number of hydrogen-bond acceptors (Lipinski definition) is 2. The van der Waals surface area contributed by atoms with Crippen molar-refractivity contribution in [3.63, 3.8) is 0 Å². The van der Waals surface area contributed by atoms with Crippen LogP contribution >= 0.6 is 0 Å². The van der Waals surface area contributed by atoms with Crippen LogP contribution in [-0.4, -0.2) is 14.2 Å². The number of hydrogen-bond donors (Lipinski definition) is 0. The predicted molar refractivity (Wildman–Crippen MR) is 61.4 cm³/mol. The molecule has 0 bridgehead atoms. The lowest BCUT2D eigenvalue weighted by molar-refractivity contribution is 0.593. The van der Waals surface area contributed by atoms with Gasteiger partial charge in [-0.1, -0.05) is 24.8 Å². The average molecular weight is 222 g/mol. The van der Waals surface area contributed by atoms with Gasteiger partial charge in [0.05, 0.1) is 10.6 Å². The lowest BCUT2D eigenvalue weighted by Crippen LogP contribution is -2.06. The second-order valence-corrected chi connectivity index (χ2v) is 5.29. The highest BCUT2D eigenvalue weighted by atomic mass is 32.2. The van der Waals surface area contributed by atoms with Crippen molar-refractivity contribution in [3.05, 3.63) is 48.7 Å². The van der Waals surface area contributed by atoms with E-state index in [9.17, 15) is 8.42 Å². The van der Waals surface area contributed by atoms with E-state index in [4.69, 9.17) is 0 Å². The largest absolute Gasteiger partial charge is 0.224 e. The molecule has 0 aromatic heterocycles. The molecule has 15 heavy (non-hydrogen) atoms. The fraction of sp³-hybridized carbons (Fsp3) is 0.250. The second-order valence-electron chi connectivity index (χ2n) is 3.18. The Morgan fingerprint density at radius 2 is 1.93 bits per heavy atom. The maximum absolute atomic E-state index is 11.7. The molecule has 3 heteroatoms. The molecule has 0 amide bonds. The Hall–Kier alpha value is -1.31. The molecule has 0 saturated carbocycles. The van der Waals surface area contributed by atoms with E-state index in [0.717, 1.165) is 0 Å². The molecule has 1 aromatic rings. The van der Waals surface area contributed by atoms with Crippen LogP contribution in [0.25, 0.3) is 0 Å².